The Morgan fingerprint density at radius 1 is 1.29 bits per heavy atom. The molecule has 90 valence electrons. The van der Waals surface area contributed by atoms with Crippen LogP contribution in [0.15, 0.2) is 18.2 Å². The molecule has 0 bridgehead atoms. The SMILES string of the molecule is COc1ccc2c(c1)CCC21CCCC(=O)N1. The molecule has 1 atom stereocenters. The van der Waals surface area contributed by atoms with Gasteiger partial charge < -0.3 is 10.1 Å². The average molecular weight is 231 g/mol. The van der Waals surface area contributed by atoms with Crippen molar-refractivity contribution >= 4 is 5.91 Å². The molecule has 3 heteroatoms. The number of nitrogens with one attached hydrogen (secondary N) is 1. The van der Waals surface area contributed by atoms with Gasteiger partial charge in [0.2, 0.25) is 5.91 Å². The average Bonchev–Trinajstić information content (AvgIpc) is 2.67. The normalized spacial score (nSPS) is 26.8. The predicted octanol–water partition coefficient (Wildman–Crippen LogP) is 2.14. The third kappa shape index (κ3) is 1.61. The number of aryl methyl sites for hydroxylation is 1. The van der Waals surface area contributed by atoms with Crippen molar-refractivity contribution in [1.29, 1.82) is 0 Å². The molecule has 1 fully saturated rings. The predicted molar refractivity (Wildman–Crippen MR) is 65.0 cm³/mol. The van der Waals surface area contributed by atoms with Crippen molar-refractivity contribution in [3.63, 3.8) is 0 Å². The molecule has 1 N–H and O–H groups in total. The lowest BCUT2D eigenvalue weighted by Crippen LogP contribution is -2.47. The van der Waals surface area contributed by atoms with Gasteiger partial charge in [0, 0.05) is 6.42 Å². The number of hydrogen-bond acceptors (Lipinski definition) is 2. The van der Waals surface area contributed by atoms with Crippen LogP contribution in [0, 0.1) is 0 Å². The van der Waals surface area contributed by atoms with Crippen LogP contribution in [0.5, 0.6) is 5.75 Å². The summed E-state index contributed by atoms with van der Waals surface area (Å²) in [5.74, 6) is 1.10. The molecule has 0 radical (unpaired) electrons. The highest BCUT2D eigenvalue weighted by Gasteiger charge is 2.41. The zero-order chi connectivity index (χ0) is 11.9. The minimum Gasteiger partial charge on any atom is -0.497 e. The van der Waals surface area contributed by atoms with Crippen molar-refractivity contribution in [2.45, 2.75) is 37.6 Å². The molecule has 1 amide bonds. The number of rotatable bonds is 1. The monoisotopic (exact) mass is 231 g/mol. The van der Waals surface area contributed by atoms with E-state index in [9.17, 15) is 4.79 Å². The Kier molecular flexibility index (Phi) is 2.35. The summed E-state index contributed by atoms with van der Waals surface area (Å²) in [6, 6.07) is 6.21. The first-order valence-corrected chi connectivity index (χ1v) is 6.22. The smallest absolute Gasteiger partial charge is 0.220 e. The number of methoxy groups -OCH3 is 1. The Hall–Kier alpha value is -1.51. The molecule has 1 aliphatic carbocycles. The van der Waals surface area contributed by atoms with Gasteiger partial charge in [0.25, 0.3) is 0 Å². The molecule has 3 rings (SSSR count). The van der Waals surface area contributed by atoms with Gasteiger partial charge in [0.05, 0.1) is 12.6 Å². The molecule has 1 spiro atoms. The second-order valence-electron chi connectivity index (χ2n) is 5.01. The van der Waals surface area contributed by atoms with Crippen LogP contribution in [0.25, 0.3) is 0 Å². The number of benzene rings is 1. The van der Waals surface area contributed by atoms with Crippen molar-refractivity contribution in [3.05, 3.63) is 29.3 Å². The van der Waals surface area contributed by atoms with Crippen molar-refractivity contribution in [2.24, 2.45) is 0 Å². The van der Waals surface area contributed by atoms with Crippen LogP contribution >= 0.6 is 0 Å². The fourth-order valence-corrected chi connectivity index (χ4v) is 3.19. The Balaban J connectivity index is 2.00. The van der Waals surface area contributed by atoms with Gasteiger partial charge in [-0.1, -0.05) is 6.07 Å². The van der Waals surface area contributed by atoms with Crippen molar-refractivity contribution in [1.82, 2.24) is 5.32 Å². The molecule has 1 aromatic carbocycles. The van der Waals surface area contributed by atoms with Gasteiger partial charge in [0.1, 0.15) is 5.75 Å². The molecule has 17 heavy (non-hydrogen) atoms. The highest BCUT2D eigenvalue weighted by atomic mass is 16.5. The zero-order valence-electron chi connectivity index (χ0n) is 10.1. The van der Waals surface area contributed by atoms with Crippen molar-refractivity contribution in [2.75, 3.05) is 7.11 Å². The Bertz CT molecular complexity index is 469. The molecule has 1 aromatic rings. The summed E-state index contributed by atoms with van der Waals surface area (Å²) in [6.07, 6.45) is 4.80. The molecule has 3 nitrogen and oxygen atoms in total. The Morgan fingerprint density at radius 2 is 2.18 bits per heavy atom. The summed E-state index contributed by atoms with van der Waals surface area (Å²) in [7, 11) is 1.69. The number of hydrogen-bond donors (Lipinski definition) is 1. The highest BCUT2D eigenvalue weighted by Crippen LogP contribution is 2.43. The topological polar surface area (TPSA) is 38.3 Å². The van der Waals surface area contributed by atoms with Crippen LogP contribution in [0.3, 0.4) is 0 Å². The van der Waals surface area contributed by atoms with Crippen LogP contribution in [-0.2, 0) is 16.8 Å². The Morgan fingerprint density at radius 3 is 2.94 bits per heavy atom. The summed E-state index contributed by atoms with van der Waals surface area (Å²) in [6.45, 7) is 0. The number of carbonyl (C=O) groups excluding carboxylic acids is 1. The second-order valence-corrected chi connectivity index (χ2v) is 5.01. The van der Waals surface area contributed by atoms with Crippen LogP contribution < -0.4 is 10.1 Å². The molecule has 1 aliphatic heterocycles. The Labute approximate surface area is 101 Å². The number of amides is 1. The molecule has 0 saturated carbocycles. The van der Waals surface area contributed by atoms with Crippen molar-refractivity contribution in [3.8, 4) is 5.75 Å². The van der Waals surface area contributed by atoms with Crippen LogP contribution in [0.1, 0.15) is 36.8 Å². The number of ether oxygens (including phenoxy) is 1. The maximum Gasteiger partial charge on any atom is 0.220 e. The maximum absolute atomic E-state index is 11.6. The number of carbonyl (C=O) groups is 1. The third-order valence-corrected chi connectivity index (χ3v) is 4.04. The molecular formula is C14H17NO2. The lowest BCUT2D eigenvalue weighted by molar-refractivity contribution is -0.125. The van der Waals surface area contributed by atoms with E-state index in [0.29, 0.717) is 6.42 Å². The molecule has 1 saturated heterocycles. The molecule has 2 aliphatic rings. The maximum atomic E-state index is 11.6. The van der Waals surface area contributed by atoms with Crippen LogP contribution in [-0.4, -0.2) is 13.0 Å². The molecule has 1 heterocycles. The van der Waals surface area contributed by atoms with E-state index < -0.39 is 0 Å². The lowest BCUT2D eigenvalue weighted by Gasteiger charge is -2.35. The van der Waals surface area contributed by atoms with Gasteiger partial charge in [-0.15, -0.1) is 0 Å². The summed E-state index contributed by atoms with van der Waals surface area (Å²) < 4.78 is 5.25. The first-order chi connectivity index (χ1) is 8.23. The molecule has 0 aromatic heterocycles. The second kappa shape index (κ2) is 3.76. The van der Waals surface area contributed by atoms with Crippen LogP contribution in [0.2, 0.25) is 0 Å². The van der Waals surface area contributed by atoms with Gasteiger partial charge in [-0.05, 0) is 48.9 Å². The van der Waals surface area contributed by atoms with E-state index in [0.717, 1.165) is 31.4 Å². The summed E-state index contributed by atoms with van der Waals surface area (Å²) in [5.41, 5.74) is 2.54. The molecule has 1 unspecified atom stereocenters. The van der Waals surface area contributed by atoms with E-state index in [1.165, 1.54) is 11.1 Å². The molecular weight excluding hydrogens is 214 g/mol. The van der Waals surface area contributed by atoms with E-state index in [1.807, 2.05) is 6.07 Å². The van der Waals surface area contributed by atoms with E-state index in [-0.39, 0.29) is 11.4 Å². The lowest BCUT2D eigenvalue weighted by atomic mass is 9.83. The first-order valence-electron chi connectivity index (χ1n) is 6.22. The third-order valence-electron chi connectivity index (χ3n) is 4.04. The number of fused-ring (bicyclic) bond motifs is 2. The van der Waals surface area contributed by atoms with Gasteiger partial charge in [-0.2, -0.15) is 0 Å². The first kappa shape index (κ1) is 10.6. The minimum absolute atomic E-state index is 0.0864. The van der Waals surface area contributed by atoms with Gasteiger partial charge >= 0.3 is 0 Å². The van der Waals surface area contributed by atoms with E-state index in [4.69, 9.17) is 4.74 Å². The van der Waals surface area contributed by atoms with Gasteiger partial charge in [-0.25, -0.2) is 0 Å². The fourth-order valence-electron chi connectivity index (χ4n) is 3.19. The van der Waals surface area contributed by atoms with E-state index >= 15 is 0 Å². The quantitative estimate of drug-likeness (QED) is 0.804. The summed E-state index contributed by atoms with van der Waals surface area (Å²) in [5, 5.41) is 3.21. The highest BCUT2D eigenvalue weighted by molar-refractivity contribution is 5.78. The summed E-state index contributed by atoms with van der Waals surface area (Å²) in [4.78, 5) is 11.6. The fraction of sp³-hybridized carbons (Fsp3) is 0.500. The zero-order valence-corrected chi connectivity index (χ0v) is 10.1. The van der Waals surface area contributed by atoms with E-state index in [1.54, 1.807) is 7.11 Å². The minimum atomic E-state index is -0.0864. The van der Waals surface area contributed by atoms with Gasteiger partial charge in [0.15, 0.2) is 0 Å². The standard InChI is InChI=1S/C14H17NO2/c1-17-11-4-5-12-10(9-11)6-8-14(12)7-2-3-13(16)15-14/h4-5,9H,2-3,6-8H2,1H3,(H,15,16). The van der Waals surface area contributed by atoms with Crippen LogP contribution in [0.4, 0.5) is 0 Å². The van der Waals surface area contributed by atoms with Gasteiger partial charge in [-0.3, -0.25) is 4.79 Å². The van der Waals surface area contributed by atoms with E-state index in [2.05, 4.69) is 17.4 Å². The number of piperidine rings is 1. The van der Waals surface area contributed by atoms with Crippen molar-refractivity contribution < 1.29 is 9.53 Å². The largest absolute Gasteiger partial charge is 0.497 e. The summed E-state index contributed by atoms with van der Waals surface area (Å²) >= 11 is 0.